The minimum Gasteiger partial charge on any atom is -0.294 e. The van der Waals surface area contributed by atoms with Gasteiger partial charge in [-0.2, -0.15) is 0 Å². The molecule has 1 aromatic rings. The van der Waals surface area contributed by atoms with Crippen LogP contribution >= 0.6 is 0 Å². The first-order valence-corrected chi connectivity index (χ1v) is 6.52. The Morgan fingerprint density at radius 2 is 1.94 bits per heavy atom. The van der Waals surface area contributed by atoms with Crippen molar-refractivity contribution in [1.82, 2.24) is 0 Å². The van der Waals surface area contributed by atoms with Crippen molar-refractivity contribution in [1.29, 1.82) is 0 Å². The van der Waals surface area contributed by atoms with Gasteiger partial charge in [-0.15, -0.1) is 0 Å². The van der Waals surface area contributed by atoms with Crippen molar-refractivity contribution in [3.8, 4) is 0 Å². The molecule has 17 heavy (non-hydrogen) atoms. The lowest BCUT2D eigenvalue weighted by Gasteiger charge is -2.22. The smallest absolute Gasteiger partial charge is 0.163 e. The van der Waals surface area contributed by atoms with E-state index >= 15 is 0 Å². The second kappa shape index (κ2) is 4.29. The Kier molecular flexibility index (Phi) is 3.11. The van der Waals surface area contributed by atoms with Gasteiger partial charge in [0.05, 0.1) is 0 Å². The van der Waals surface area contributed by atoms with E-state index in [1.807, 2.05) is 6.07 Å². The zero-order chi connectivity index (χ0) is 12.6. The Hall–Kier alpha value is -1.11. The highest BCUT2D eigenvalue weighted by atomic mass is 16.1. The van der Waals surface area contributed by atoms with Gasteiger partial charge in [0.15, 0.2) is 5.78 Å². The maximum Gasteiger partial charge on any atom is 0.163 e. The summed E-state index contributed by atoms with van der Waals surface area (Å²) in [6, 6.07) is 6.18. The average Bonchev–Trinajstić information content (AvgIpc) is 2.99. The summed E-state index contributed by atoms with van der Waals surface area (Å²) >= 11 is 0. The molecule has 0 atom stereocenters. The molecule has 1 fully saturated rings. The van der Waals surface area contributed by atoms with Crippen LogP contribution < -0.4 is 0 Å². The van der Waals surface area contributed by atoms with Crippen molar-refractivity contribution in [3.63, 3.8) is 0 Å². The van der Waals surface area contributed by atoms with E-state index in [-0.39, 0.29) is 5.41 Å². The highest BCUT2D eigenvalue weighted by Crippen LogP contribution is 2.34. The molecule has 0 aliphatic heterocycles. The van der Waals surface area contributed by atoms with Gasteiger partial charge in [-0.1, -0.05) is 32.9 Å². The second-order valence-electron chi connectivity index (χ2n) is 6.35. The van der Waals surface area contributed by atoms with Crippen LogP contribution in [0.4, 0.5) is 0 Å². The van der Waals surface area contributed by atoms with Gasteiger partial charge in [0, 0.05) is 12.0 Å². The predicted octanol–water partition coefficient (Wildman–Crippen LogP) is 4.28. The van der Waals surface area contributed by atoms with Crippen LogP contribution in [0.1, 0.15) is 61.5 Å². The van der Waals surface area contributed by atoms with E-state index < -0.39 is 0 Å². The second-order valence-corrected chi connectivity index (χ2v) is 6.35. The van der Waals surface area contributed by atoms with Crippen LogP contribution in [-0.4, -0.2) is 5.78 Å². The minimum absolute atomic E-state index is 0.155. The molecule has 1 saturated carbocycles. The fraction of sp³-hybridized carbons (Fsp3) is 0.562. The number of carbonyl (C=O) groups is 1. The molecule has 0 amide bonds. The Morgan fingerprint density at radius 1 is 1.29 bits per heavy atom. The number of rotatable bonds is 3. The number of hydrogen-bond donors (Lipinski definition) is 0. The summed E-state index contributed by atoms with van der Waals surface area (Å²) in [6.45, 7) is 8.73. The third kappa shape index (κ3) is 2.96. The number of benzene rings is 1. The Labute approximate surface area is 104 Å². The van der Waals surface area contributed by atoms with Crippen LogP contribution in [0, 0.1) is 12.8 Å². The lowest BCUT2D eigenvalue weighted by molar-refractivity contribution is 0.0976. The SMILES string of the molecule is Cc1cc(C(=O)CC2CC2)ccc1C(C)(C)C. The van der Waals surface area contributed by atoms with Gasteiger partial charge in [-0.25, -0.2) is 0 Å². The number of aryl methyl sites for hydroxylation is 1. The van der Waals surface area contributed by atoms with Gasteiger partial charge in [-0.3, -0.25) is 4.79 Å². The maximum atomic E-state index is 12.0. The quantitative estimate of drug-likeness (QED) is 0.708. The monoisotopic (exact) mass is 230 g/mol. The van der Waals surface area contributed by atoms with Crippen molar-refractivity contribution >= 4 is 5.78 Å². The molecule has 0 bridgehead atoms. The molecule has 1 aromatic carbocycles. The van der Waals surface area contributed by atoms with Crippen molar-refractivity contribution in [2.24, 2.45) is 5.92 Å². The summed E-state index contributed by atoms with van der Waals surface area (Å²) in [5.74, 6) is 0.987. The topological polar surface area (TPSA) is 17.1 Å². The molecule has 0 radical (unpaired) electrons. The van der Waals surface area contributed by atoms with E-state index in [2.05, 4.69) is 39.8 Å². The van der Waals surface area contributed by atoms with Crippen LogP contribution in [0.2, 0.25) is 0 Å². The highest BCUT2D eigenvalue weighted by Gasteiger charge is 2.25. The zero-order valence-electron chi connectivity index (χ0n) is 11.3. The molecular formula is C16H22O. The number of carbonyl (C=O) groups excluding carboxylic acids is 1. The first kappa shape index (κ1) is 12.3. The first-order valence-electron chi connectivity index (χ1n) is 6.52. The minimum atomic E-state index is 0.155. The van der Waals surface area contributed by atoms with Crippen LogP contribution in [-0.2, 0) is 5.41 Å². The van der Waals surface area contributed by atoms with Gasteiger partial charge >= 0.3 is 0 Å². The Balaban J connectivity index is 2.20. The van der Waals surface area contributed by atoms with Crippen molar-refractivity contribution < 1.29 is 4.79 Å². The van der Waals surface area contributed by atoms with Crippen LogP contribution in [0.5, 0.6) is 0 Å². The van der Waals surface area contributed by atoms with Crippen LogP contribution in [0.3, 0.4) is 0 Å². The van der Waals surface area contributed by atoms with Crippen LogP contribution in [0.15, 0.2) is 18.2 Å². The van der Waals surface area contributed by atoms with Gasteiger partial charge in [0.1, 0.15) is 0 Å². The average molecular weight is 230 g/mol. The number of ketones is 1. The summed E-state index contributed by atoms with van der Waals surface area (Å²) in [7, 11) is 0. The molecule has 0 unspecified atom stereocenters. The summed E-state index contributed by atoms with van der Waals surface area (Å²) in [4.78, 5) is 12.0. The third-order valence-electron chi connectivity index (χ3n) is 3.53. The molecule has 92 valence electrons. The normalized spacial score (nSPS) is 16.0. The Bertz CT molecular complexity index is 433. The third-order valence-corrected chi connectivity index (χ3v) is 3.53. The molecular weight excluding hydrogens is 208 g/mol. The van der Waals surface area contributed by atoms with E-state index in [9.17, 15) is 4.79 Å². The molecule has 1 nitrogen and oxygen atoms in total. The lowest BCUT2D eigenvalue weighted by atomic mass is 9.83. The molecule has 0 N–H and O–H groups in total. The fourth-order valence-corrected chi connectivity index (χ4v) is 2.38. The van der Waals surface area contributed by atoms with E-state index in [4.69, 9.17) is 0 Å². The molecule has 0 saturated heterocycles. The number of Topliss-reactive ketones (excluding diaryl/α,β-unsaturated/α-hetero) is 1. The molecule has 0 heterocycles. The molecule has 0 aromatic heterocycles. The van der Waals surface area contributed by atoms with Gasteiger partial charge in [-0.05, 0) is 48.3 Å². The summed E-state index contributed by atoms with van der Waals surface area (Å²) in [5.41, 5.74) is 3.62. The molecule has 1 aliphatic rings. The predicted molar refractivity (Wildman–Crippen MR) is 71.6 cm³/mol. The largest absolute Gasteiger partial charge is 0.294 e. The maximum absolute atomic E-state index is 12.0. The summed E-state index contributed by atoms with van der Waals surface area (Å²) in [6.07, 6.45) is 3.23. The van der Waals surface area contributed by atoms with Crippen LogP contribution in [0.25, 0.3) is 0 Å². The molecule has 0 spiro atoms. The van der Waals surface area contributed by atoms with Crippen molar-refractivity contribution in [2.45, 2.75) is 52.4 Å². The zero-order valence-corrected chi connectivity index (χ0v) is 11.3. The molecule has 2 rings (SSSR count). The van der Waals surface area contributed by atoms with E-state index in [1.54, 1.807) is 0 Å². The lowest BCUT2D eigenvalue weighted by Crippen LogP contribution is -2.13. The molecule has 1 aliphatic carbocycles. The molecule has 1 heteroatoms. The van der Waals surface area contributed by atoms with Gasteiger partial charge in [0.25, 0.3) is 0 Å². The van der Waals surface area contributed by atoms with Gasteiger partial charge in [0.2, 0.25) is 0 Å². The van der Waals surface area contributed by atoms with Gasteiger partial charge < -0.3 is 0 Å². The van der Waals surface area contributed by atoms with E-state index in [0.29, 0.717) is 11.7 Å². The van der Waals surface area contributed by atoms with E-state index in [0.717, 1.165) is 12.0 Å². The van der Waals surface area contributed by atoms with E-state index in [1.165, 1.54) is 24.0 Å². The standard InChI is InChI=1S/C16H22O/c1-11-9-13(15(17)10-12-5-6-12)7-8-14(11)16(2,3)4/h7-9,12H,5-6,10H2,1-4H3. The first-order chi connectivity index (χ1) is 7.88. The van der Waals surface area contributed by atoms with Crippen molar-refractivity contribution in [3.05, 3.63) is 34.9 Å². The Morgan fingerprint density at radius 3 is 2.41 bits per heavy atom. The summed E-state index contributed by atoms with van der Waals surface area (Å²) < 4.78 is 0. The number of hydrogen-bond acceptors (Lipinski definition) is 1. The fourth-order valence-electron chi connectivity index (χ4n) is 2.38. The van der Waals surface area contributed by atoms with Crippen molar-refractivity contribution in [2.75, 3.05) is 0 Å². The summed E-state index contributed by atoms with van der Waals surface area (Å²) in [5, 5.41) is 0. The highest BCUT2D eigenvalue weighted by molar-refractivity contribution is 5.96.